The van der Waals surface area contributed by atoms with E-state index in [-0.39, 0.29) is 11.6 Å². The summed E-state index contributed by atoms with van der Waals surface area (Å²) in [6, 6.07) is 3.34. The Bertz CT molecular complexity index is 713. The van der Waals surface area contributed by atoms with E-state index < -0.39 is 0 Å². The Morgan fingerprint density at radius 1 is 1.13 bits per heavy atom. The molecule has 5 heteroatoms. The number of Topliss-reactive ketones (excluding diaryl/α,β-unsaturated/α-hetero) is 2. The van der Waals surface area contributed by atoms with Gasteiger partial charge in [-0.15, -0.1) is 0 Å². The number of hydrogen-bond acceptors (Lipinski definition) is 5. The molecule has 23 heavy (non-hydrogen) atoms. The fourth-order valence-electron chi connectivity index (χ4n) is 2.62. The lowest BCUT2D eigenvalue weighted by atomic mass is 10.0. The maximum Gasteiger partial charge on any atom is 0.177 e. The van der Waals surface area contributed by atoms with E-state index in [1.165, 1.54) is 20.1 Å². The zero-order valence-corrected chi connectivity index (χ0v) is 14.1. The van der Waals surface area contributed by atoms with Crippen molar-refractivity contribution < 1.29 is 18.7 Å². The maximum atomic E-state index is 12.0. The molecule has 0 fully saturated rings. The second-order valence-corrected chi connectivity index (χ2v) is 5.45. The van der Waals surface area contributed by atoms with Crippen LogP contribution in [0.2, 0.25) is 0 Å². The molecule has 5 nitrogen and oxygen atoms in total. The van der Waals surface area contributed by atoms with E-state index in [9.17, 15) is 9.59 Å². The van der Waals surface area contributed by atoms with Crippen molar-refractivity contribution in [2.24, 2.45) is 0 Å². The predicted molar refractivity (Wildman–Crippen MR) is 89.5 cm³/mol. The van der Waals surface area contributed by atoms with E-state index in [2.05, 4.69) is 18.7 Å². The monoisotopic (exact) mass is 317 g/mol. The number of hydrogen-bond donors (Lipinski definition) is 0. The number of furan rings is 1. The van der Waals surface area contributed by atoms with Gasteiger partial charge in [-0.2, -0.15) is 0 Å². The van der Waals surface area contributed by atoms with Crippen molar-refractivity contribution in [3.05, 3.63) is 29.5 Å². The first-order chi connectivity index (χ1) is 11.0. The van der Waals surface area contributed by atoms with Gasteiger partial charge in [0, 0.05) is 17.5 Å². The highest BCUT2D eigenvalue weighted by Gasteiger charge is 2.20. The summed E-state index contributed by atoms with van der Waals surface area (Å²) in [5.41, 5.74) is 1.33. The quantitative estimate of drug-likeness (QED) is 0.697. The van der Waals surface area contributed by atoms with Crippen LogP contribution in [0, 0.1) is 0 Å². The first-order valence-electron chi connectivity index (χ1n) is 7.90. The number of ketones is 2. The Morgan fingerprint density at radius 3 is 2.35 bits per heavy atom. The van der Waals surface area contributed by atoms with Crippen molar-refractivity contribution in [1.29, 1.82) is 0 Å². The average Bonchev–Trinajstić information content (AvgIpc) is 3.00. The molecule has 0 N–H and O–H groups in total. The summed E-state index contributed by atoms with van der Waals surface area (Å²) < 4.78 is 11.4. The van der Waals surface area contributed by atoms with E-state index in [4.69, 9.17) is 9.15 Å². The number of likely N-dealkylation sites (N-methyl/N-ethyl adjacent to an activating group) is 1. The van der Waals surface area contributed by atoms with Crippen LogP contribution in [0.4, 0.5) is 0 Å². The van der Waals surface area contributed by atoms with Crippen LogP contribution in [-0.4, -0.2) is 42.7 Å². The number of ether oxygens (including phenoxy) is 1. The largest absolute Gasteiger partial charge is 0.488 e. The van der Waals surface area contributed by atoms with Crippen LogP contribution in [0.5, 0.6) is 5.75 Å². The zero-order valence-electron chi connectivity index (χ0n) is 14.1. The molecule has 0 radical (unpaired) electrons. The van der Waals surface area contributed by atoms with Crippen molar-refractivity contribution in [1.82, 2.24) is 4.90 Å². The second-order valence-electron chi connectivity index (χ2n) is 5.45. The fraction of sp³-hybridized carbons (Fsp3) is 0.444. The molecule has 0 amide bonds. The van der Waals surface area contributed by atoms with Gasteiger partial charge in [0.05, 0.1) is 11.8 Å². The minimum absolute atomic E-state index is 0.103. The number of carbonyl (C=O) groups is 2. The third kappa shape index (κ3) is 3.62. The Kier molecular flexibility index (Phi) is 5.55. The first kappa shape index (κ1) is 17.2. The van der Waals surface area contributed by atoms with Crippen LogP contribution in [0.25, 0.3) is 11.0 Å². The maximum absolute atomic E-state index is 12.0. The summed E-state index contributed by atoms with van der Waals surface area (Å²) >= 11 is 0. The minimum Gasteiger partial charge on any atom is -0.488 e. The van der Waals surface area contributed by atoms with Crippen molar-refractivity contribution in [2.75, 3.05) is 26.2 Å². The molecule has 0 unspecified atom stereocenters. The van der Waals surface area contributed by atoms with Gasteiger partial charge >= 0.3 is 0 Å². The van der Waals surface area contributed by atoms with Gasteiger partial charge in [0.2, 0.25) is 0 Å². The summed E-state index contributed by atoms with van der Waals surface area (Å²) in [4.78, 5) is 26.0. The van der Waals surface area contributed by atoms with Gasteiger partial charge < -0.3 is 14.1 Å². The predicted octanol–water partition coefficient (Wildman–Crippen LogP) is 3.56. The Balaban J connectivity index is 2.39. The third-order valence-electron chi connectivity index (χ3n) is 4.00. The van der Waals surface area contributed by atoms with Gasteiger partial charge in [-0.3, -0.25) is 9.59 Å². The molecular formula is C18H23NO4. The molecule has 1 aromatic carbocycles. The van der Waals surface area contributed by atoms with Gasteiger partial charge in [-0.25, -0.2) is 0 Å². The number of fused-ring (bicyclic) bond motifs is 1. The Morgan fingerprint density at radius 2 is 1.78 bits per heavy atom. The molecular weight excluding hydrogens is 294 g/mol. The van der Waals surface area contributed by atoms with Gasteiger partial charge in [0.25, 0.3) is 0 Å². The van der Waals surface area contributed by atoms with Crippen LogP contribution in [-0.2, 0) is 0 Å². The Hall–Kier alpha value is -2.14. The number of carbonyl (C=O) groups excluding carboxylic acids is 2. The SMILES string of the molecule is CCN(CC)CCOc1c(C(C)=O)cc(C(C)=O)c2ccoc12. The number of rotatable bonds is 8. The zero-order chi connectivity index (χ0) is 17.0. The normalized spacial score (nSPS) is 11.2. The van der Waals surface area contributed by atoms with Crippen molar-refractivity contribution in [3.63, 3.8) is 0 Å². The van der Waals surface area contributed by atoms with E-state index in [1.807, 2.05) is 0 Å². The van der Waals surface area contributed by atoms with Gasteiger partial charge in [-0.1, -0.05) is 13.8 Å². The molecule has 0 bridgehead atoms. The molecule has 1 heterocycles. The molecule has 0 aliphatic heterocycles. The van der Waals surface area contributed by atoms with Gasteiger partial charge in [0.15, 0.2) is 22.9 Å². The second kappa shape index (κ2) is 7.42. The average molecular weight is 317 g/mol. The van der Waals surface area contributed by atoms with Gasteiger partial charge in [-0.05, 0) is 39.1 Å². The van der Waals surface area contributed by atoms with E-state index in [0.29, 0.717) is 34.5 Å². The van der Waals surface area contributed by atoms with Crippen LogP contribution >= 0.6 is 0 Å². The van der Waals surface area contributed by atoms with Crippen LogP contribution in [0.1, 0.15) is 48.4 Å². The highest BCUT2D eigenvalue weighted by molar-refractivity contribution is 6.12. The molecule has 0 atom stereocenters. The molecule has 0 aliphatic carbocycles. The molecule has 0 saturated heterocycles. The summed E-state index contributed by atoms with van der Waals surface area (Å²) in [5.74, 6) is 0.173. The molecule has 0 spiro atoms. The summed E-state index contributed by atoms with van der Waals surface area (Å²) in [5, 5.41) is 0.681. The minimum atomic E-state index is -0.149. The Labute approximate surface area is 136 Å². The smallest absolute Gasteiger partial charge is 0.177 e. The molecule has 1 aromatic heterocycles. The third-order valence-corrected chi connectivity index (χ3v) is 4.00. The van der Waals surface area contributed by atoms with E-state index >= 15 is 0 Å². The lowest BCUT2D eigenvalue weighted by Gasteiger charge is -2.19. The van der Waals surface area contributed by atoms with Crippen LogP contribution in [0.3, 0.4) is 0 Å². The molecule has 0 aliphatic rings. The molecule has 2 aromatic rings. The van der Waals surface area contributed by atoms with Gasteiger partial charge in [0.1, 0.15) is 6.61 Å². The number of nitrogens with zero attached hydrogens (tertiary/aromatic N) is 1. The summed E-state index contributed by atoms with van der Waals surface area (Å²) in [7, 11) is 0. The highest BCUT2D eigenvalue weighted by Crippen LogP contribution is 2.34. The van der Waals surface area contributed by atoms with E-state index in [1.54, 1.807) is 12.1 Å². The first-order valence-corrected chi connectivity index (χ1v) is 7.90. The molecule has 124 valence electrons. The van der Waals surface area contributed by atoms with Crippen molar-refractivity contribution >= 4 is 22.5 Å². The topological polar surface area (TPSA) is 59.8 Å². The lowest BCUT2D eigenvalue weighted by Crippen LogP contribution is -2.28. The van der Waals surface area contributed by atoms with Crippen LogP contribution < -0.4 is 4.74 Å². The lowest BCUT2D eigenvalue weighted by molar-refractivity contribution is 0.101. The van der Waals surface area contributed by atoms with Crippen molar-refractivity contribution in [3.8, 4) is 5.75 Å². The fourth-order valence-corrected chi connectivity index (χ4v) is 2.62. The highest BCUT2D eigenvalue weighted by atomic mass is 16.5. The molecule has 0 saturated carbocycles. The molecule has 2 rings (SSSR count). The van der Waals surface area contributed by atoms with Crippen molar-refractivity contribution in [2.45, 2.75) is 27.7 Å². The number of benzene rings is 1. The van der Waals surface area contributed by atoms with E-state index in [0.717, 1.165) is 19.6 Å². The summed E-state index contributed by atoms with van der Waals surface area (Å²) in [6.07, 6.45) is 1.51. The standard InChI is InChI=1S/C18H23NO4/c1-5-19(6-2)8-10-23-18-16(13(4)21)11-15(12(3)20)14-7-9-22-17(14)18/h7,9,11H,5-6,8,10H2,1-4H3. The van der Waals surface area contributed by atoms with Crippen LogP contribution in [0.15, 0.2) is 22.8 Å². The summed E-state index contributed by atoms with van der Waals surface area (Å²) in [6.45, 7) is 10.2.